The third-order valence-electron chi connectivity index (χ3n) is 4.86. The van der Waals surface area contributed by atoms with Crippen LogP contribution in [-0.4, -0.2) is 56.2 Å². The Kier molecular flexibility index (Phi) is 4.81. The number of hydrogen-bond donors (Lipinski definition) is 0. The molecule has 0 N–H and O–H groups in total. The summed E-state index contributed by atoms with van der Waals surface area (Å²) >= 11 is 0. The predicted octanol–water partition coefficient (Wildman–Crippen LogP) is 2.17. The summed E-state index contributed by atoms with van der Waals surface area (Å²) < 4.78 is 5.06. The molecular weight excluding hydrogens is 342 g/mol. The average Bonchev–Trinajstić information content (AvgIpc) is 3.10. The Morgan fingerprint density at radius 3 is 2.48 bits per heavy atom. The van der Waals surface area contributed by atoms with Crippen LogP contribution >= 0.6 is 0 Å². The van der Waals surface area contributed by atoms with Gasteiger partial charge in [0.15, 0.2) is 11.6 Å². The molecule has 1 aliphatic heterocycles. The van der Waals surface area contributed by atoms with Gasteiger partial charge in [0.05, 0.1) is 6.54 Å². The van der Waals surface area contributed by atoms with Crippen LogP contribution in [0, 0.1) is 20.8 Å². The molecule has 3 aromatic rings. The molecule has 1 fully saturated rings. The van der Waals surface area contributed by atoms with E-state index in [0.29, 0.717) is 18.3 Å². The van der Waals surface area contributed by atoms with Crippen molar-refractivity contribution in [3.8, 4) is 11.5 Å². The first-order valence-corrected chi connectivity index (χ1v) is 9.13. The molecule has 0 spiro atoms. The summed E-state index contributed by atoms with van der Waals surface area (Å²) in [6.07, 6.45) is 1.77. The van der Waals surface area contributed by atoms with Gasteiger partial charge in [-0.25, -0.2) is 9.97 Å². The Morgan fingerprint density at radius 1 is 1.00 bits per heavy atom. The molecule has 8 nitrogen and oxygen atoms in total. The van der Waals surface area contributed by atoms with Gasteiger partial charge in [-0.05, 0) is 26.0 Å². The van der Waals surface area contributed by atoms with Crippen molar-refractivity contribution < 1.29 is 4.52 Å². The number of anilines is 1. The van der Waals surface area contributed by atoms with Crippen LogP contribution in [0.5, 0.6) is 0 Å². The highest BCUT2D eigenvalue weighted by atomic mass is 16.5. The molecule has 0 atom stereocenters. The van der Waals surface area contributed by atoms with Gasteiger partial charge in [-0.15, -0.1) is 0 Å². The number of hydrogen-bond acceptors (Lipinski definition) is 8. The van der Waals surface area contributed by atoms with Crippen molar-refractivity contribution >= 4 is 5.82 Å². The lowest BCUT2D eigenvalue weighted by atomic mass is 10.2. The highest BCUT2D eigenvalue weighted by Gasteiger charge is 2.22. The molecule has 8 heteroatoms. The van der Waals surface area contributed by atoms with Crippen LogP contribution in [0.3, 0.4) is 0 Å². The fourth-order valence-corrected chi connectivity index (χ4v) is 3.25. The normalized spacial score (nSPS) is 15.3. The smallest absolute Gasteiger partial charge is 0.223 e. The lowest BCUT2D eigenvalue weighted by molar-refractivity contribution is 0.239. The number of aromatic nitrogens is 5. The fraction of sp³-hybridized carbons (Fsp3) is 0.421. The molecule has 27 heavy (non-hydrogen) atoms. The third kappa shape index (κ3) is 3.80. The van der Waals surface area contributed by atoms with E-state index >= 15 is 0 Å². The molecule has 4 heterocycles. The predicted molar refractivity (Wildman–Crippen MR) is 101 cm³/mol. The van der Waals surface area contributed by atoms with E-state index in [2.05, 4.69) is 36.8 Å². The molecule has 0 unspecified atom stereocenters. The summed E-state index contributed by atoms with van der Waals surface area (Å²) in [4.78, 5) is 22.8. The minimum absolute atomic E-state index is 0.609. The first-order chi connectivity index (χ1) is 13.1. The average molecular weight is 365 g/mol. The van der Waals surface area contributed by atoms with E-state index in [9.17, 15) is 0 Å². The van der Waals surface area contributed by atoms with Crippen LogP contribution in [0.25, 0.3) is 11.5 Å². The summed E-state index contributed by atoms with van der Waals surface area (Å²) in [7, 11) is 0. The summed E-state index contributed by atoms with van der Waals surface area (Å²) in [5, 5.41) is 3.99. The van der Waals surface area contributed by atoms with Gasteiger partial charge in [0.25, 0.3) is 0 Å². The topological polar surface area (TPSA) is 84.1 Å². The molecule has 140 valence electrons. The van der Waals surface area contributed by atoms with E-state index in [-0.39, 0.29) is 0 Å². The lowest BCUT2D eigenvalue weighted by Gasteiger charge is -2.35. The van der Waals surface area contributed by atoms with E-state index < -0.39 is 0 Å². The zero-order valence-electron chi connectivity index (χ0n) is 15.9. The van der Waals surface area contributed by atoms with Crippen molar-refractivity contribution in [1.82, 2.24) is 30.0 Å². The van der Waals surface area contributed by atoms with Crippen molar-refractivity contribution in [3.63, 3.8) is 0 Å². The van der Waals surface area contributed by atoms with Crippen molar-refractivity contribution in [2.24, 2.45) is 0 Å². The summed E-state index contributed by atoms with van der Waals surface area (Å²) in [5.74, 6) is 3.03. The highest BCUT2D eigenvalue weighted by molar-refractivity contribution is 5.57. The standard InChI is InChI=1S/C19H23N7O/c1-13-14(2)21-18(16-6-4-5-7-20-16)23-19(13)26-10-8-25(9-11-26)12-17-22-15(3)27-24-17/h4-7H,8-12H2,1-3H3. The van der Waals surface area contributed by atoms with Gasteiger partial charge >= 0.3 is 0 Å². The molecule has 1 saturated heterocycles. The Balaban J connectivity index is 1.50. The molecule has 0 radical (unpaired) electrons. The fourth-order valence-electron chi connectivity index (χ4n) is 3.25. The molecule has 4 rings (SSSR count). The molecule has 0 aromatic carbocycles. The van der Waals surface area contributed by atoms with E-state index in [0.717, 1.165) is 54.8 Å². The van der Waals surface area contributed by atoms with Crippen molar-refractivity contribution in [1.29, 1.82) is 0 Å². The first-order valence-electron chi connectivity index (χ1n) is 9.13. The number of nitrogens with zero attached hydrogens (tertiary/aromatic N) is 7. The quantitative estimate of drug-likeness (QED) is 0.695. The lowest BCUT2D eigenvalue weighted by Crippen LogP contribution is -2.46. The molecule has 3 aromatic heterocycles. The van der Waals surface area contributed by atoms with Crippen LogP contribution in [-0.2, 0) is 6.54 Å². The molecular formula is C19H23N7O. The zero-order chi connectivity index (χ0) is 18.8. The van der Waals surface area contributed by atoms with Crippen LogP contribution in [0.1, 0.15) is 23.0 Å². The maximum Gasteiger partial charge on any atom is 0.223 e. The van der Waals surface area contributed by atoms with Gasteiger partial charge in [-0.1, -0.05) is 11.2 Å². The largest absolute Gasteiger partial charge is 0.354 e. The van der Waals surface area contributed by atoms with Crippen LogP contribution in [0.2, 0.25) is 0 Å². The molecule has 1 aliphatic rings. The second-order valence-electron chi connectivity index (χ2n) is 6.79. The molecule has 0 bridgehead atoms. The zero-order valence-corrected chi connectivity index (χ0v) is 15.9. The first kappa shape index (κ1) is 17.5. The number of rotatable bonds is 4. The van der Waals surface area contributed by atoms with Gasteiger partial charge in [0.2, 0.25) is 5.89 Å². The molecule has 0 saturated carbocycles. The molecule has 0 aliphatic carbocycles. The van der Waals surface area contributed by atoms with Gasteiger partial charge in [0.1, 0.15) is 11.5 Å². The van der Waals surface area contributed by atoms with Crippen molar-refractivity contribution in [2.75, 3.05) is 31.1 Å². The maximum atomic E-state index is 5.06. The maximum absolute atomic E-state index is 5.06. The van der Waals surface area contributed by atoms with Gasteiger partial charge < -0.3 is 9.42 Å². The van der Waals surface area contributed by atoms with E-state index in [4.69, 9.17) is 9.51 Å². The van der Waals surface area contributed by atoms with E-state index in [1.807, 2.05) is 32.0 Å². The minimum Gasteiger partial charge on any atom is -0.354 e. The van der Waals surface area contributed by atoms with Crippen molar-refractivity contribution in [3.05, 3.63) is 47.4 Å². The van der Waals surface area contributed by atoms with Crippen LogP contribution in [0.4, 0.5) is 5.82 Å². The van der Waals surface area contributed by atoms with E-state index in [1.54, 1.807) is 6.20 Å². The summed E-state index contributed by atoms with van der Waals surface area (Å²) in [5.41, 5.74) is 2.91. The Labute approximate surface area is 158 Å². The highest BCUT2D eigenvalue weighted by Crippen LogP contribution is 2.24. The minimum atomic E-state index is 0.609. The second kappa shape index (κ2) is 7.40. The number of aryl methyl sites for hydroxylation is 2. The Bertz CT molecular complexity index is 917. The number of piperazine rings is 1. The monoisotopic (exact) mass is 365 g/mol. The van der Waals surface area contributed by atoms with Gasteiger partial charge in [0, 0.05) is 50.6 Å². The van der Waals surface area contributed by atoms with Crippen LogP contribution in [0.15, 0.2) is 28.9 Å². The third-order valence-corrected chi connectivity index (χ3v) is 4.86. The number of pyridine rings is 1. The molecule has 0 amide bonds. The Morgan fingerprint density at radius 2 is 1.81 bits per heavy atom. The van der Waals surface area contributed by atoms with Gasteiger partial charge in [-0.3, -0.25) is 9.88 Å². The van der Waals surface area contributed by atoms with E-state index in [1.165, 1.54) is 0 Å². The summed E-state index contributed by atoms with van der Waals surface area (Å²) in [6.45, 7) is 10.3. The second-order valence-corrected chi connectivity index (χ2v) is 6.79. The van der Waals surface area contributed by atoms with Gasteiger partial charge in [-0.2, -0.15) is 4.98 Å². The summed E-state index contributed by atoms with van der Waals surface area (Å²) in [6, 6.07) is 5.80. The SMILES string of the molecule is Cc1nc(CN2CCN(c3nc(-c4ccccn4)nc(C)c3C)CC2)no1. The van der Waals surface area contributed by atoms with Crippen LogP contribution < -0.4 is 4.90 Å². The van der Waals surface area contributed by atoms with Crippen molar-refractivity contribution in [2.45, 2.75) is 27.3 Å². The Hall–Kier alpha value is -2.87.